The normalized spacial score (nSPS) is 25.1. The monoisotopic (exact) mass is 383 g/mol. The van der Waals surface area contributed by atoms with Crippen molar-refractivity contribution in [2.24, 2.45) is 0 Å². The van der Waals surface area contributed by atoms with Crippen molar-refractivity contribution in [3.8, 4) is 11.3 Å². The third-order valence-electron chi connectivity index (χ3n) is 5.10. The number of nitrogens with one attached hydrogen (secondary N) is 1. The predicted molar refractivity (Wildman–Crippen MR) is 98.6 cm³/mol. The number of benzene rings is 1. The van der Waals surface area contributed by atoms with E-state index in [-0.39, 0.29) is 16.6 Å². The number of rotatable bonds is 3. The summed E-state index contributed by atoms with van der Waals surface area (Å²) in [5.41, 5.74) is 1.06. The summed E-state index contributed by atoms with van der Waals surface area (Å²) < 4.78 is 13.0. The largest absolute Gasteiger partial charge is 0.456 e. The van der Waals surface area contributed by atoms with E-state index in [4.69, 9.17) is 9.15 Å². The number of aliphatic hydroxyl groups excluding tert-OH is 3. The average Bonchev–Trinajstić information content (AvgIpc) is 3.37. The maximum atomic E-state index is 12.5. The molecule has 1 fully saturated rings. The number of H-pyrrole nitrogens is 1. The average molecular weight is 383 g/mol. The van der Waals surface area contributed by atoms with Gasteiger partial charge in [0.1, 0.15) is 35.3 Å². The van der Waals surface area contributed by atoms with E-state index >= 15 is 0 Å². The van der Waals surface area contributed by atoms with Gasteiger partial charge in [-0.2, -0.15) is 0 Å². The number of fused-ring (bicyclic) bond motifs is 2. The SMILES string of the molecule is O=c1[nH]cnc2c1c(-c1cc3ccccc3o1)cn2[C@@H]1O[C@H](CO)[C@@H](O)[C@H]1O. The second-order valence-corrected chi connectivity index (χ2v) is 6.76. The fourth-order valence-corrected chi connectivity index (χ4v) is 3.70. The molecule has 3 aromatic heterocycles. The van der Waals surface area contributed by atoms with Gasteiger partial charge in [0, 0.05) is 11.6 Å². The van der Waals surface area contributed by atoms with Gasteiger partial charge in [-0.3, -0.25) is 4.79 Å². The van der Waals surface area contributed by atoms with Crippen LogP contribution < -0.4 is 5.56 Å². The minimum Gasteiger partial charge on any atom is -0.456 e. The van der Waals surface area contributed by atoms with Crippen LogP contribution in [0.2, 0.25) is 0 Å². The van der Waals surface area contributed by atoms with Crippen LogP contribution in [0.4, 0.5) is 0 Å². The number of aromatic amines is 1. The van der Waals surface area contributed by atoms with Crippen LogP contribution in [-0.4, -0.2) is 54.8 Å². The van der Waals surface area contributed by atoms with Gasteiger partial charge in [0.05, 0.1) is 23.9 Å². The highest BCUT2D eigenvalue weighted by Gasteiger charge is 2.44. The summed E-state index contributed by atoms with van der Waals surface area (Å²) in [5.74, 6) is 0.468. The Bertz CT molecular complexity index is 1190. The predicted octanol–water partition coefficient (Wildman–Crippen LogP) is 0.749. The summed E-state index contributed by atoms with van der Waals surface area (Å²) in [6, 6.07) is 9.28. The van der Waals surface area contributed by atoms with E-state index in [2.05, 4.69) is 9.97 Å². The minimum atomic E-state index is -1.29. The van der Waals surface area contributed by atoms with Gasteiger partial charge >= 0.3 is 0 Å². The summed E-state index contributed by atoms with van der Waals surface area (Å²) in [7, 11) is 0. The van der Waals surface area contributed by atoms with Crippen molar-refractivity contribution >= 4 is 22.0 Å². The first-order valence-corrected chi connectivity index (χ1v) is 8.78. The van der Waals surface area contributed by atoms with E-state index in [0.29, 0.717) is 16.9 Å². The standard InChI is InChI=1S/C19H17N3O6/c23-7-13-15(24)16(25)19(28-13)22-6-10(14-17(22)20-8-21-18(14)26)12-5-9-3-1-2-4-11(9)27-12/h1-6,8,13,15-16,19,23-25H,7H2,(H,20,21,26)/t13-,15-,16-,19-/m1/s1. The fraction of sp³-hybridized carbons (Fsp3) is 0.263. The Kier molecular flexibility index (Phi) is 3.84. The number of hydrogen-bond acceptors (Lipinski definition) is 7. The Labute approximate surface area is 157 Å². The molecule has 4 atom stereocenters. The molecule has 1 aromatic carbocycles. The van der Waals surface area contributed by atoms with E-state index in [9.17, 15) is 20.1 Å². The van der Waals surface area contributed by atoms with Gasteiger partial charge in [-0.05, 0) is 12.1 Å². The fourth-order valence-electron chi connectivity index (χ4n) is 3.70. The van der Waals surface area contributed by atoms with E-state index in [1.165, 1.54) is 10.9 Å². The summed E-state index contributed by atoms with van der Waals surface area (Å²) in [6.45, 7) is -0.446. The van der Waals surface area contributed by atoms with E-state index in [1.54, 1.807) is 6.20 Å². The lowest BCUT2D eigenvalue weighted by molar-refractivity contribution is -0.0508. The molecular formula is C19H17N3O6. The Balaban J connectivity index is 1.72. The molecule has 9 heteroatoms. The first-order chi connectivity index (χ1) is 13.6. The van der Waals surface area contributed by atoms with Crippen LogP contribution in [0.3, 0.4) is 0 Å². The number of aliphatic hydroxyl groups is 3. The molecule has 4 aromatic rings. The third-order valence-corrected chi connectivity index (χ3v) is 5.10. The van der Waals surface area contributed by atoms with Crippen LogP contribution in [0.1, 0.15) is 6.23 Å². The van der Waals surface area contributed by atoms with Crippen LogP contribution in [0, 0.1) is 0 Å². The molecule has 0 saturated carbocycles. The highest BCUT2D eigenvalue weighted by Crippen LogP contribution is 2.37. The lowest BCUT2D eigenvalue weighted by Gasteiger charge is -2.17. The van der Waals surface area contributed by atoms with Gasteiger partial charge in [0.25, 0.3) is 5.56 Å². The van der Waals surface area contributed by atoms with Crippen molar-refractivity contribution in [2.45, 2.75) is 24.5 Å². The van der Waals surface area contributed by atoms with Crippen molar-refractivity contribution in [3.05, 3.63) is 53.2 Å². The number of furan rings is 1. The molecule has 4 heterocycles. The molecule has 1 saturated heterocycles. The molecule has 28 heavy (non-hydrogen) atoms. The zero-order chi connectivity index (χ0) is 19.4. The summed E-state index contributed by atoms with van der Waals surface area (Å²) in [6.07, 6.45) is -1.65. The molecule has 0 unspecified atom stereocenters. The van der Waals surface area contributed by atoms with Gasteiger partial charge in [-0.15, -0.1) is 0 Å². The Morgan fingerprint density at radius 2 is 2.04 bits per heavy atom. The molecule has 0 aliphatic carbocycles. The van der Waals surface area contributed by atoms with Crippen molar-refractivity contribution < 1.29 is 24.5 Å². The van der Waals surface area contributed by atoms with E-state index in [0.717, 1.165) is 5.39 Å². The maximum absolute atomic E-state index is 12.5. The van der Waals surface area contributed by atoms with Gasteiger partial charge in [0.2, 0.25) is 0 Å². The lowest BCUT2D eigenvalue weighted by Crippen LogP contribution is -2.33. The van der Waals surface area contributed by atoms with Gasteiger partial charge in [0.15, 0.2) is 6.23 Å². The topological polar surface area (TPSA) is 134 Å². The molecule has 4 N–H and O–H groups in total. The van der Waals surface area contributed by atoms with Crippen molar-refractivity contribution in [1.29, 1.82) is 0 Å². The number of nitrogens with zero attached hydrogens (tertiary/aromatic N) is 2. The van der Waals surface area contributed by atoms with Crippen molar-refractivity contribution in [1.82, 2.24) is 14.5 Å². The zero-order valence-electron chi connectivity index (χ0n) is 14.5. The molecule has 1 aliphatic heterocycles. The molecular weight excluding hydrogens is 366 g/mol. The lowest BCUT2D eigenvalue weighted by atomic mass is 10.1. The smallest absolute Gasteiger partial charge is 0.260 e. The molecule has 0 spiro atoms. The number of ether oxygens (including phenoxy) is 1. The quantitative estimate of drug-likeness (QED) is 0.410. The van der Waals surface area contributed by atoms with E-state index in [1.807, 2.05) is 30.3 Å². The van der Waals surface area contributed by atoms with Crippen LogP contribution in [0.5, 0.6) is 0 Å². The Morgan fingerprint density at radius 1 is 1.21 bits per heavy atom. The summed E-state index contributed by atoms with van der Waals surface area (Å²) >= 11 is 0. The van der Waals surface area contributed by atoms with Crippen LogP contribution in [0.25, 0.3) is 33.3 Å². The summed E-state index contributed by atoms with van der Waals surface area (Å²) in [4.78, 5) is 19.3. The molecule has 144 valence electrons. The van der Waals surface area contributed by atoms with E-state index < -0.39 is 31.1 Å². The zero-order valence-corrected chi connectivity index (χ0v) is 14.5. The van der Waals surface area contributed by atoms with Gasteiger partial charge in [-0.25, -0.2) is 4.98 Å². The summed E-state index contributed by atoms with van der Waals surface area (Å²) in [5, 5.41) is 31.0. The van der Waals surface area contributed by atoms with Crippen LogP contribution in [-0.2, 0) is 4.74 Å². The second kappa shape index (κ2) is 6.28. The van der Waals surface area contributed by atoms with Gasteiger partial charge < -0.3 is 34.0 Å². The second-order valence-electron chi connectivity index (χ2n) is 6.76. The highest BCUT2D eigenvalue weighted by molar-refractivity contribution is 5.94. The third kappa shape index (κ3) is 2.41. The first-order valence-electron chi connectivity index (χ1n) is 8.78. The molecule has 5 rings (SSSR count). The number of aromatic nitrogens is 3. The molecule has 0 bridgehead atoms. The van der Waals surface area contributed by atoms with Gasteiger partial charge in [-0.1, -0.05) is 18.2 Å². The Morgan fingerprint density at radius 3 is 2.79 bits per heavy atom. The van der Waals surface area contributed by atoms with Crippen molar-refractivity contribution in [3.63, 3.8) is 0 Å². The number of para-hydroxylation sites is 1. The maximum Gasteiger partial charge on any atom is 0.260 e. The minimum absolute atomic E-state index is 0.272. The molecule has 0 radical (unpaired) electrons. The first kappa shape index (κ1) is 17.1. The van der Waals surface area contributed by atoms with Crippen molar-refractivity contribution in [2.75, 3.05) is 6.61 Å². The molecule has 9 nitrogen and oxygen atoms in total. The molecule has 1 aliphatic rings. The van der Waals surface area contributed by atoms with Crippen LogP contribution in [0.15, 0.2) is 52.1 Å². The highest BCUT2D eigenvalue weighted by atomic mass is 16.6. The Hall–Kier alpha value is -2.98. The number of hydrogen-bond donors (Lipinski definition) is 4. The molecule has 0 amide bonds. The van der Waals surface area contributed by atoms with Crippen LogP contribution >= 0.6 is 0 Å².